The number of rotatable bonds is 4. The van der Waals surface area contributed by atoms with Gasteiger partial charge in [-0.25, -0.2) is 0 Å². The van der Waals surface area contributed by atoms with E-state index in [1.165, 1.54) is 0 Å². The van der Waals surface area contributed by atoms with Crippen LogP contribution < -0.4 is 5.73 Å². The Balaban J connectivity index is 1.47. The van der Waals surface area contributed by atoms with Gasteiger partial charge >= 0.3 is 0 Å². The highest BCUT2D eigenvalue weighted by atomic mass is 15.1. The molecule has 6 rings (SSSR count). The summed E-state index contributed by atoms with van der Waals surface area (Å²) < 4.78 is 0. The minimum atomic E-state index is 0.283. The van der Waals surface area contributed by atoms with E-state index in [0.29, 0.717) is 5.69 Å². The van der Waals surface area contributed by atoms with Crippen molar-refractivity contribution in [1.82, 2.24) is 30.1 Å². The SMILES string of the molecule is CC(C)c1ncc(-c2ccc3[nH]nc(-c4cc5c(-c6ccncc6)cncc5[nH]4)c3c2)cc1N. The Bertz CT molecular complexity index is 1640. The molecule has 0 saturated heterocycles. The van der Waals surface area contributed by atoms with Crippen molar-refractivity contribution in [3.8, 4) is 33.6 Å². The first-order valence-electron chi connectivity index (χ1n) is 11.2. The van der Waals surface area contributed by atoms with Crippen molar-refractivity contribution in [3.05, 3.63) is 79.1 Å². The van der Waals surface area contributed by atoms with Gasteiger partial charge in [0.05, 0.1) is 34.3 Å². The van der Waals surface area contributed by atoms with Crippen LogP contribution in [-0.4, -0.2) is 30.1 Å². The molecule has 7 heteroatoms. The molecule has 7 nitrogen and oxygen atoms in total. The van der Waals surface area contributed by atoms with Gasteiger partial charge in [-0.15, -0.1) is 0 Å². The summed E-state index contributed by atoms with van der Waals surface area (Å²) in [6.45, 7) is 4.19. The molecule has 0 saturated carbocycles. The second kappa shape index (κ2) is 7.81. The van der Waals surface area contributed by atoms with Gasteiger partial charge in [0, 0.05) is 46.7 Å². The normalized spacial score (nSPS) is 11.6. The van der Waals surface area contributed by atoms with E-state index in [2.05, 4.69) is 62.2 Å². The zero-order valence-corrected chi connectivity index (χ0v) is 18.9. The van der Waals surface area contributed by atoms with Gasteiger partial charge in [-0.3, -0.25) is 20.1 Å². The first-order valence-corrected chi connectivity index (χ1v) is 11.2. The first-order chi connectivity index (χ1) is 16.6. The molecular weight excluding hydrogens is 422 g/mol. The van der Waals surface area contributed by atoms with Crippen LogP contribution in [0.3, 0.4) is 0 Å². The van der Waals surface area contributed by atoms with Crippen molar-refractivity contribution in [1.29, 1.82) is 0 Å². The third-order valence-electron chi connectivity index (χ3n) is 6.18. The lowest BCUT2D eigenvalue weighted by Gasteiger charge is -2.10. The third kappa shape index (κ3) is 3.29. The molecule has 0 spiro atoms. The lowest BCUT2D eigenvalue weighted by molar-refractivity contribution is 0.827. The van der Waals surface area contributed by atoms with E-state index in [0.717, 1.165) is 61.1 Å². The number of nitrogen functional groups attached to an aromatic ring is 1. The van der Waals surface area contributed by atoms with Crippen molar-refractivity contribution in [3.63, 3.8) is 0 Å². The van der Waals surface area contributed by atoms with Gasteiger partial charge in [0.2, 0.25) is 0 Å². The number of aromatic nitrogens is 6. The van der Waals surface area contributed by atoms with E-state index in [-0.39, 0.29) is 5.92 Å². The van der Waals surface area contributed by atoms with Crippen LogP contribution in [0.5, 0.6) is 0 Å². The van der Waals surface area contributed by atoms with Crippen LogP contribution in [0, 0.1) is 0 Å². The van der Waals surface area contributed by atoms with Gasteiger partial charge in [-0.05, 0) is 53.4 Å². The Hall–Kier alpha value is -4.52. The summed E-state index contributed by atoms with van der Waals surface area (Å²) >= 11 is 0. The molecule has 4 N–H and O–H groups in total. The van der Waals surface area contributed by atoms with Gasteiger partial charge in [0.15, 0.2) is 0 Å². The maximum atomic E-state index is 6.28. The van der Waals surface area contributed by atoms with E-state index in [1.54, 1.807) is 12.4 Å². The molecule has 34 heavy (non-hydrogen) atoms. The van der Waals surface area contributed by atoms with Crippen LogP contribution in [0.1, 0.15) is 25.5 Å². The molecular formula is C27H23N7. The van der Waals surface area contributed by atoms with Crippen molar-refractivity contribution < 1.29 is 0 Å². The van der Waals surface area contributed by atoms with E-state index < -0.39 is 0 Å². The molecule has 0 aliphatic heterocycles. The number of nitrogens with two attached hydrogens (primary N) is 1. The molecule has 5 aromatic heterocycles. The van der Waals surface area contributed by atoms with Gasteiger partial charge in [0.25, 0.3) is 0 Å². The molecule has 0 unspecified atom stereocenters. The third-order valence-corrected chi connectivity index (χ3v) is 6.18. The van der Waals surface area contributed by atoms with Crippen LogP contribution in [0.15, 0.2) is 73.4 Å². The number of anilines is 1. The standard InChI is InChI=1S/C27H23N7/c1-15(2)26-22(28)10-18(12-31-26)17-3-4-23-20(9-17)27(34-33-23)24-11-19-21(13-30-14-25(19)32-24)16-5-7-29-8-6-16/h3-15,32H,28H2,1-2H3,(H,33,34). The number of fused-ring (bicyclic) bond motifs is 2. The average Bonchev–Trinajstić information content (AvgIpc) is 3.47. The predicted molar refractivity (Wildman–Crippen MR) is 136 cm³/mol. The van der Waals surface area contributed by atoms with Gasteiger partial charge in [-0.2, -0.15) is 5.10 Å². The topological polar surface area (TPSA) is 109 Å². The summed E-state index contributed by atoms with van der Waals surface area (Å²) in [5.74, 6) is 0.283. The fourth-order valence-electron chi connectivity index (χ4n) is 4.47. The van der Waals surface area contributed by atoms with Crippen molar-refractivity contribution in [2.75, 3.05) is 5.73 Å². The number of nitrogens with zero attached hydrogens (tertiary/aromatic N) is 4. The van der Waals surface area contributed by atoms with Crippen molar-refractivity contribution in [2.45, 2.75) is 19.8 Å². The molecule has 6 aromatic rings. The summed E-state index contributed by atoms with van der Waals surface area (Å²) in [6, 6.07) is 14.3. The maximum Gasteiger partial charge on any atom is 0.116 e. The quantitative estimate of drug-likeness (QED) is 0.311. The molecule has 0 fully saturated rings. The molecule has 0 atom stereocenters. The van der Waals surface area contributed by atoms with E-state index in [9.17, 15) is 0 Å². The summed E-state index contributed by atoms with van der Waals surface area (Å²) in [6.07, 6.45) is 9.20. The highest BCUT2D eigenvalue weighted by Crippen LogP contribution is 2.35. The van der Waals surface area contributed by atoms with Gasteiger partial charge in [-0.1, -0.05) is 19.9 Å². The number of hydrogen-bond donors (Lipinski definition) is 3. The van der Waals surface area contributed by atoms with Crippen LogP contribution in [-0.2, 0) is 0 Å². The summed E-state index contributed by atoms with van der Waals surface area (Å²) in [5, 5.41) is 9.89. The molecule has 0 aliphatic carbocycles. The summed E-state index contributed by atoms with van der Waals surface area (Å²) in [5.41, 5.74) is 15.8. The lowest BCUT2D eigenvalue weighted by atomic mass is 10.0. The molecule has 0 amide bonds. The highest BCUT2D eigenvalue weighted by Gasteiger charge is 2.15. The number of pyridine rings is 3. The zero-order valence-electron chi connectivity index (χ0n) is 18.9. The first kappa shape index (κ1) is 20.1. The molecule has 0 aliphatic rings. The van der Waals surface area contributed by atoms with Gasteiger partial charge < -0.3 is 10.7 Å². The number of benzene rings is 1. The minimum absolute atomic E-state index is 0.283. The Morgan fingerprint density at radius 2 is 1.65 bits per heavy atom. The van der Waals surface area contributed by atoms with Crippen LogP contribution >= 0.6 is 0 Å². The molecule has 0 radical (unpaired) electrons. The second-order valence-electron chi connectivity index (χ2n) is 8.75. The number of hydrogen-bond acceptors (Lipinski definition) is 5. The highest BCUT2D eigenvalue weighted by molar-refractivity contribution is 6.01. The van der Waals surface area contributed by atoms with Crippen LogP contribution in [0.4, 0.5) is 5.69 Å². The Morgan fingerprint density at radius 1 is 0.794 bits per heavy atom. The van der Waals surface area contributed by atoms with Crippen molar-refractivity contribution in [2.24, 2.45) is 0 Å². The Morgan fingerprint density at radius 3 is 2.44 bits per heavy atom. The fraction of sp³-hybridized carbons (Fsp3) is 0.111. The number of nitrogens with one attached hydrogen (secondary N) is 2. The monoisotopic (exact) mass is 445 g/mol. The maximum absolute atomic E-state index is 6.28. The Labute approximate surface area is 196 Å². The molecule has 0 bridgehead atoms. The molecule has 5 heterocycles. The van der Waals surface area contributed by atoms with E-state index in [4.69, 9.17) is 5.73 Å². The predicted octanol–water partition coefficient (Wildman–Crippen LogP) is 5.94. The van der Waals surface area contributed by atoms with Crippen LogP contribution in [0.25, 0.3) is 55.4 Å². The molecule has 166 valence electrons. The van der Waals surface area contributed by atoms with E-state index in [1.807, 2.05) is 42.9 Å². The summed E-state index contributed by atoms with van der Waals surface area (Å²) in [7, 11) is 0. The Kier molecular flexibility index (Phi) is 4.62. The van der Waals surface area contributed by atoms with Crippen molar-refractivity contribution >= 4 is 27.5 Å². The second-order valence-corrected chi connectivity index (χ2v) is 8.75. The average molecular weight is 446 g/mol. The molecule has 1 aromatic carbocycles. The fourth-order valence-corrected chi connectivity index (χ4v) is 4.47. The number of H-pyrrole nitrogens is 2. The minimum Gasteiger partial charge on any atom is -0.397 e. The van der Waals surface area contributed by atoms with Crippen LogP contribution in [0.2, 0.25) is 0 Å². The number of aromatic amines is 2. The van der Waals surface area contributed by atoms with Gasteiger partial charge in [0.1, 0.15) is 5.69 Å². The summed E-state index contributed by atoms with van der Waals surface area (Å²) in [4.78, 5) is 16.7. The lowest BCUT2D eigenvalue weighted by Crippen LogP contribution is -2.00. The largest absolute Gasteiger partial charge is 0.397 e. The van der Waals surface area contributed by atoms with E-state index >= 15 is 0 Å². The smallest absolute Gasteiger partial charge is 0.116 e. The zero-order chi connectivity index (χ0) is 23.2.